The quantitative estimate of drug-likeness (QED) is 0.639. The lowest BCUT2D eigenvalue weighted by molar-refractivity contribution is -0.384. The molecule has 6 nitrogen and oxygen atoms in total. The molecule has 0 saturated heterocycles. The summed E-state index contributed by atoms with van der Waals surface area (Å²) in [6, 6.07) is 6.21. The van der Waals surface area contributed by atoms with E-state index in [1.165, 1.54) is 18.2 Å². The molecule has 0 aliphatic heterocycles. The molecule has 0 aromatic heterocycles. The first-order chi connectivity index (χ1) is 8.39. The maximum Gasteiger partial charge on any atom is 0.293 e. The number of nitriles is 1. The van der Waals surface area contributed by atoms with Crippen LogP contribution in [0.5, 0.6) is 0 Å². The van der Waals surface area contributed by atoms with Crippen LogP contribution in [0.15, 0.2) is 18.2 Å². The monoisotopic (exact) mass is 249 g/mol. The second kappa shape index (κ2) is 5.47. The van der Waals surface area contributed by atoms with E-state index >= 15 is 0 Å². The molecule has 0 heterocycles. The van der Waals surface area contributed by atoms with Crippen molar-refractivity contribution < 1.29 is 9.66 Å². The summed E-state index contributed by atoms with van der Waals surface area (Å²) in [4.78, 5) is 10.5. The number of rotatable bonds is 5. The fourth-order valence-electron chi connectivity index (χ4n) is 1.62. The van der Waals surface area contributed by atoms with E-state index in [-0.39, 0.29) is 11.3 Å². The largest absolute Gasteiger partial charge is 0.382 e. The van der Waals surface area contributed by atoms with Crippen molar-refractivity contribution in [3.8, 4) is 6.07 Å². The van der Waals surface area contributed by atoms with E-state index in [4.69, 9.17) is 10.00 Å². The van der Waals surface area contributed by atoms with Gasteiger partial charge in [-0.25, -0.2) is 0 Å². The molecule has 0 atom stereocenters. The van der Waals surface area contributed by atoms with Crippen LogP contribution in [0.1, 0.15) is 19.4 Å². The summed E-state index contributed by atoms with van der Waals surface area (Å²) in [5, 5.41) is 22.7. The van der Waals surface area contributed by atoms with E-state index < -0.39 is 10.5 Å². The van der Waals surface area contributed by atoms with E-state index in [0.717, 1.165) is 0 Å². The molecular formula is C12H15N3O3. The SMILES string of the molecule is COCC(C)(C)Nc1ccc(C#N)cc1[N+](=O)[O-]. The number of nitrogens with zero attached hydrogens (tertiary/aromatic N) is 2. The summed E-state index contributed by atoms with van der Waals surface area (Å²) in [7, 11) is 1.57. The lowest BCUT2D eigenvalue weighted by Crippen LogP contribution is -2.36. The minimum Gasteiger partial charge on any atom is -0.382 e. The molecule has 18 heavy (non-hydrogen) atoms. The molecule has 1 aromatic carbocycles. The van der Waals surface area contributed by atoms with Crippen molar-refractivity contribution in [1.82, 2.24) is 0 Å². The van der Waals surface area contributed by atoms with Gasteiger partial charge in [-0.1, -0.05) is 0 Å². The van der Waals surface area contributed by atoms with E-state index in [1.54, 1.807) is 7.11 Å². The van der Waals surface area contributed by atoms with Crippen molar-refractivity contribution in [3.63, 3.8) is 0 Å². The molecule has 96 valence electrons. The van der Waals surface area contributed by atoms with Crippen LogP contribution in [-0.4, -0.2) is 24.2 Å². The summed E-state index contributed by atoms with van der Waals surface area (Å²) < 4.78 is 5.04. The molecule has 0 unspecified atom stereocenters. The Kier molecular flexibility index (Phi) is 4.23. The Balaban J connectivity index is 3.10. The van der Waals surface area contributed by atoms with Gasteiger partial charge in [-0.05, 0) is 26.0 Å². The van der Waals surface area contributed by atoms with E-state index in [0.29, 0.717) is 12.3 Å². The van der Waals surface area contributed by atoms with Crippen molar-refractivity contribution in [3.05, 3.63) is 33.9 Å². The zero-order chi connectivity index (χ0) is 13.8. The highest BCUT2D eigenvalue weighted by atomic mass is 16.6. The number of hydrogen-bond acceptors (Lipinski definition) is 5. The fourth-order valence-corrected chi connectivity index (χ4v) is 1.62. The van der Waals surface area contributed by atoms with E-state index in [1.807, 2.05) is 19.9 Å². The number of benzene rings is 1. The molecule has 6 heteroatoms. The van der Waals surface area contributed by atoms with Crippen molar-refractivity contribution in [1.29, 1.82) is 5.26 Å². The lowest BCUT2D eigenvalue weighted by atomic mass is 10.1. The van der Waals surface area contributed by atoms with Crippen molar-refractivity contribution in [2.45, 2.75) is 19.4 Å². The minimum absolute atomic E-state index is 0.113. The van der Waals surface area contributed by atoms with Gasteiger partial charge < -0.3 is 10.1 Å². The van der Waals surface area contributed by atoms with Crippen LogP contribution >= 0.6 is 0 Å². The summed E-state index contributed by atoms with van der Waals surface area (Å²) in [5.74, 6) is 0. The summed E-state index contributed by atoms with van der Waals surface area (Å²) >= 11 is 0. The zero-order valence-electron chi connectivity index (χ0n) is 10.6. The number of hydrogen-bond donors (Lipinski definition) is 1. The van der Waals surface area contributed by atoms with Gasteiger partial charge in [0.2, 0.25) is 0 Å². The van der Waals surface area contributed by atoms with Crippen LogP contribution in [-0.2, 0) is 4.74 Å². The Labute approximate surface area is 105 Å². The standard InChI is InChI=1S/C12H15N3O3/c1-12(2,8-18-3)14-10-5-4-9(7-13)6-11(10)15(16)17/h4-6,14H,8H2,1-3H3. The zero-order valence-corrected chi connectivity index (χ0v) is 10.6. The average Bonchev–Trinajstić information content (AvgIpc) is 2.28. The molecule has 1 rings (SSSR count). The summed E-state index contributed by atoms with van der Waals surface area (Å²) in [6.07, 6.45) is 0. The Morgan fingerprint density at radius 2 is 2.22 bits per heavy atom. The maximum absolute atomic E-state index is 11.0. The molecule has 0 fully saturated rings. The lowest BCUT2D eigenvalue weighted by Gasteiger charge is -2.26. The first-order valence-electron chi connectivity index (χ1n) is 5.35. The molecular weight excluding hydrogens is 234 g/mol. The van der Waals surface area contributed by atoms with Crippen LogP contribution in [0.2, 0.25) is 0 Å². The van der Waals surface area contributed by atoms with Crippen LogP contribution in [0, 0.1) is 21.4 Å². The van der Waals surface area contributed by atoms with Crippen molar-refractivity contribution in [2.24, 2.45) is 0 Å². The molecule has 0 radical (unpaired) electrons. The summed E-state index contributed by atoms with van der Waals surface area (Å²) in [6.45, 7) is 4.15. The third-order valence-electron chi connectivity index (χ3n) is 2.30. The first kappa shape index (κ1) is 13.9. The number of nitro benzene ring substituents is 1. The number of ether oxygens (including phenoxy) is 1. The number of nitro groups is 1. The number of methoxy groups -OCH3 is 1. The molecule has 0 aliphatic carbocycles. The van der Waals surface area contributed by atoms with Gasteiger partial charge >= 0.3 is 0 Å². The second-order valence-electron chi connectivity index (χ2n) is 4.54. The Hall–Kier alpha value is -2.13. The van der Waals surface area contributed by atoms with Gasteiger partial charge in [0.15, 0.2) is 0 Å². The second-order valence-corrected chi connectivity index (χ2v) is 4.54. The van der Waals surface area contributed by atoms with E-state index in [2.05, 4.69) is 5.32 Å². The molecule has 0 bridgehead atoms. The van der Waals surface area contributed by atoms with Crippen LogP contribution in [0.4, 0.5) is 11.4 Å². The molecule has 0 saturated carbocycles. The van der Waals surface area contributed by atoms with Gasteiger partial charge in [0.25, 0.3) is 5.69 Å². The average molecular weight is 249 g/mol. The Morgan fingerprint density at radius 3 is 2.72 bits per heavy atom. The molecule has 0 aliphatic rings. The number of anilines is 1. The topological polar surface area (TPSA) is 88.2 Å². The third-order valence-corrected chi connectivity index (χ3v) is 2.30. The normalized spacial score (nSPS) is 10.8. The van der Waals surface area contributed by atoms with Crippen molar-refractivity contribution >= 4 is 11.4 Å². The van der Waals surface area contributed by atoms with Gasteiger partial charge in [0.05, 0.1) is 28.7 Å². The number of nitrogens with one attached hydrogen (secondary N) is 1. The minimum atomic E-state index is -0.508. The van der Waals surface area contributed by atoms with E-state index in [9.17, 15) is 10.1 Å². The van der Waals surface area contributed by atoms with Crippen LogP contribution < -0.4 is 5.32 Å². The molecule has 1 aromatic rings. The van der Waals surface area contributed by atoms with Gasteiger partial charge in [-0.3, -0.25) is 10.1 Å². The maximum atomic E-state index is 11.0. The van der Waals surface area contributed by atoms with Gasteiger partial charge in [-0.2, -0.15) is 5.26 Å². The highest BCUT2D eigenvalue weighted by molar-refractivity contribution is 5.65. The Bertz CT molecular complexity index is 492. The smallest absolute Gasteiger partial charge is 0.293 e. The highest BCUT2D eigenvalue weighted by Crippen LogP contribution is 2.28. The van der Waals surface area contributed by atoms with Crippen molar-refractivity contribution in [2.75, 3.05) is 19.0 Å². The first-order valence-corrected chi connectivity index (χ1v) is 5.35. The molecule has 0 amide bonds. The fraction of sp³-hybridized carbons (Fsp3) is 0.417. The van der Waals surface area contributed by atoms with Gasteiger partial charge in [0.1, 0.15) is 5.69 Å². The summed E-state index contributed by atoms with van der Waals surface area (Å²) in [5.41, 5.74) is 0.0873. The third kappa shape index (κ3) is 3.43. The highest BCUT2D eigenvalue weighted by Gasteiger charge is 2.22. The molecule has 1 N–H and O–H groups in total. The van der Waals surface area contributed by atoms with Gasteiger partial charge in [-0.15, -0.1) is 0 Å². The van der Waals surface area contributed by atoms with Crippen LogP contribution in [0.25, 0.3) is 0 Å². The Morgan fingerprint density at radius 1 is 1.56 bits per heavy atom. The predicted octanol–water partition coefficient (Wildman–Crippen LogP) is 2.30. The molecule has 0 spiro atoms. The van der Waals surface area contributed by atoms with Crippen LogP contribution in [0.3, 0.4) is 0 Å². The predicted molar refractivity (Wildman–Crippen MR) is 67.4 cm³/mol. The van der Waals surface area contributed by atoms with Gasteiger partial charge in [0, 0.05) is 13.2 Å².